The first-order valence-electron chi connectivity index (χ1n) is 7.04. The van der Waals surface area contributed by atoms with Crippen LogP contribution in [0.2, 0.25) is 0 Å². The van der Waals surface area contributed by atoms with E-state index in [0.717, 1.165) is 40.8 Å². The maximum atomic E-state index is 13.4. The Labute approximate surface area is 132 Å². The Morgan fingerprint density at radius 1 is 1.43 bits per heavy atom. The van der Waals surface area contributed by atoms with Crippen LogP contribution in [0.25, 0.3) is 0 Å². The van der Waals surface area contributed by atoms with E-state index in [1.807, 2.05) is 18.7 Å². The third kappa shape index (κ3) is 3.89. The van der Waals surface area contributed by atoms with Crippen LogP contribution in [0.3, 0.4) is 0 Å². The van der Waals surface area contributed by atoms with Crippen LogP contribution in [0.15, 0.2) is 22.9 Å². The molecule has 0 aliphatic carbocycles. The van der Waals surface area contributed by atoms with Crippen LogP contribution in [0.5, 0.6) is 0 Å². The van der Waals surface area contributed by atoms with Gasteiger partial charge in [-0.3, -0.25) is 9.67 Å². The lowest BCUT2D eigenvalue weighted by Crippen LogP contribution is -2.25. The van der Waals surface area contributed by atoms with E-state index in [1.54, 1.807) is 6.20 Å². The molecule has 1 unspecified atom stereocenters. The Hall–Kier alpha value is -1.27. The Kier molecular flexibility index (Phi) is 5.47. The summed E-state index contributed by atoms with van der Waals surface area (Å²) in [5.41, 5.74) is 2.90. The highest BCUT2D eigenvalue weighted by Crippen LogP contribution is 2.26. The topological polar surface area (TPSA) is 42.7 Å². The normalized spacial score (nSPS) is 12.6. The molecule has 0 fully saturated rings. The molecule has 0 aromatic carbocycles. The van der Waals surface area contributed by atoms with Gasteiger partial charge < -0.3 is 5.32 Å². The van der Waals surface area contributed by atoms with Gasteiger partial charge in [-0.1, -0.05) is 6.92 Å². The number of nitrogens with one attached hydrogen (secondary N) is 1. The Morgan fingerprint density at radius 3 is 2.76 bits per heavy atom. The van der Waals surface area contributed by atoms with Gasteiger partial charge in [0, 0.05) is 25.7 Å². The second-order valence-electron chi connectivity index (χ2n) is 5.12. The smallest absolute Gasteiger partial charge is 0.141 e. The largest absolute Gasteiger partial charge is 0.310 e. The van der Waals surface area contributed by atoms with Crippen molar-refractivity contribution in [3.05, 3.63) is 45.7 Å². The molecule has 114 valence electrons. The molecule has 2 rings (SSSR count). The predicted octanol–water partition coefficient (Wildman–Crippen LogP) is 3.31. The van der Waals surface area contributed by atoms with Crippen molar-refractivity contribution < 1.29 is 4.39 Å². The van der Waals surface area contributed by atoms with E-state index in [1.165, 1.54) is 12.3 Å². The monoisotopic (exact) mass is 354 g/mol. The lowest BCUT2D eigenvalue weighted by molar-refractivity contribution is 0.505. The maximum absolute atomic E-state index is 13.4. The lowest BCUT2D eigenvalue weighted by Gasteiger charge is -2.19. The van der Waals surface area contributed by atoms with Crippen LogP contribution in [-0.2, 0) is 13.5 Å². The third-order valence-corrected chi connectivity index (χ3v) is 4.46. The molecule has 1 atom stereocenters. The number of nitrogens with zero attached hydrogens (tertiary/aromatic N) is 3. The zero-order chi connectivity index (χ0) is 15.4. The fraction of sp³-hybridized carbons (Fsp3) is 0.467. The minimum Gasteiger partial charge on any atom is -0.310 e. The SMILES string of the molecule is CCCNC(Cc1c(Br)c(C)nn1C)c1cncc(F)c1. The van der Waals surface area contributed by atoms with Crippen molar-refractivity contribution in [1.29, 1.82) is 0 Å². The quantitative estimate of drug-likeness (QED) is 0.865. The molecule has 2 heterocycles. The van der Waals surface area contributed by atoms with E-state index < -0.39 is 0 Å². The Bertz CT molecular complexity index is 612. The molecule has 0 bridgehead atoms. The summed E-state index contributed by atoms with van der Waals surface area (Å²) in [6, 6.07) is 1.55. The fourth-order valence-electron chi connectivity index (χ4n) is 2.34. The van der Waals surface area contributed by atoms with Crippen molar-refractivity contribution in [2.45, 2.75) is 32.7 Å². The van der Waals surface area contributed by atoms with Crippen molar-refractivity contribution in [1.82, 2.24) is 20.1 Å². The summed E-state index contributed by atoms with van der Waals surface area (Å²) >= 11 is 3.58. The van der Waals surface area contributed by atoms with Gasteiger partial charge in [0.25, 0.3) is 0 Å². The van der Waals surface area contributed by atoms with Gasteiger partial charge in [0.2, 0.25) is 0 Å². The molecule has 6 heteroatoms. The fourth-order valence-corrected chi connectivity index (χ4v) is 2.84. The zero-order valence-electron chi connectivity index (χ0n) is 12.5. The molecule has 0 aliphatic heterocycles. The molecule has 4 nitrogen and oxygen atoms in total. The zero-order valence-corrected chi connectivity index (χ0v) is 14.1. The first-order chi connectivity index (χ1) is 10.0. The first-order valence-corrected chi connectivity index (χ1v) is 7.84. The molecule has 21 heavy (non-hydrogen) atoms. The van der Waals surface area contributed by atoms with E-state index in [2.05, 4.69) is 38.3 Å². The van der Waals surface area contributed by atoms with Crippen LogP contribution < -0.4 is 5.32 Å². The lowest BCUT2D eigenvalue weighted by atomic mass is 10.0. The van der Waals surface area contributed by atoms with Gasteiger partial charge in [-0.15, -0.1) is 0 Å². The van der Waals surface area contributed by atoms with Crippen molar-refractivity contribution in [2.75, 3.05) is 6.54 Å². The van der Waals surface area contributed by atoms with E-state index in [4.69, 9.17) is 0 Å². The summed E-state index contributed by atoms with van der Waals surface area (Å²) in [5, 5.41) is 7.86. The number of rotatable bonds is 6. The minimum absolute atomic E-state index is 0.0132. The molecule has 2 aromatic rings. The van der Waals surface area contributed by atoms with Gasteiger partial charge in [-0.2, -0.15) is 5.10 Å². The summed E-state index contributed by atoms with van der Waals surface area (Å²) in [5.74, 6) is -0.309. The molecule has 0 aliphatic rings. The van der Waals surface area contributed by atoms with Crippen LogP contribution in [-0.4, -0.2) is 21.3 Å². The van der Waals surface area contributed by atoms with E-state index in [0.29, 0.717) is 0 Å². The first kappa shape index (κ1) is 16.1. The standard InChI is InChI=1S/C15H20BrFN4/c1-4-5-19-13(11-6-12(17)9-18-8-11)7-14-15(16)10(2)20-21(14)3/h6,8-9,13,19H,4-5,7H2,1-3H3. The summed E-state index contributed by atoms with van der Waals surface area (Å²) in [4.78, 5) is 3.96. The molecule has 0 radical (unpaired) electrons. The highest BCUT2D eigenvalue weighted by atomic mass is 79.9. The number of aryl methyl sites for hydroxylation is 2. The van der Waals surface area contributed by atoms with Crippen LogP contribution in [0.1, 0.15) is 36.3 Å². The third-order valence-electron chi connectivity index (χ3n) is 3.43. The molecule has 2 aromatic heterocycles. The summed E-state index contributed by atoms with van der Waals surface area (Å²) in [6.07, 6.45) is 4.69. The van der Waals surface area contributed by atoms with Gasteiger partial charge >= 0.3 is 0 Å². The number of halogens is 2. The summed E-state index contributed by atoms with van der Waals surface area (Å²) in [6.45, 7) is 4.94. The van der Waals surface area contributed by atoms with Crippen molar-refractivity contribution >= 4 is 15.9 Å². The summed E-state index contributed by atoms with van der Waals surface area (Å²) in [7, 11) is 1.92. The number of hydrogen-bond donors (Lipinski definition) is 1. The van der Waals surface area contributed by atoms with Crippen molar-refractivity contribution in [3.8, 4) is 0 Å². The second kappa shape index (κ2) is 7.13. The highest BCUT2D eigenvalue weighted by molar-refractivity contribution is 9.10. The van der Waals surface area contributed by atoms with Crippen LogP contribution >= 0.6 is 15.9 Å². The van der Waals surface area contributed by atoms with Gasteiger partial charge in [-0.05, 0) is 47.4 Å². The van der Waals surface area contributed by atoms with Crippen LogP contribution in [0, 0.1) is 12.7 Å². The second-order valence-corrected chi connectivity index (χ2v) is 5.91. The molecule has 1 N–H and O–H groups in total. The highest BCUT2D eigenvalue weighted by Gasteiger charge is 2.18. The van der Waals surface area contributed by atoms with Gasteiger partial charge in [0.15, 0.2) is 0 Å². The molecule has 0 saturated heterocycles. The minimum atomic E-state index is -0.309. The Balaban J connectivity index is 2.28. The summed E-state index contributed by atoms with van der Waals surface area (Å²) < 4.78 is 16.3. The van der Waals surface area contributed by atoms with Gasteiger partial charge in [0.1, 0.15) is 5.82 Å². The number of aromatic nitrogens is 3. The van der Waals surface area contributed by atoms with E-state index >= 15 is 0 Å². The van der Waals surface area contributed by atoms with Crippen LogP contribution in [0.4, 0.5) is 4.39 Å². The van der Waals surface area contributed by atoms with Gasteiger partial charge in [-0.25, -0.2) is 4.39 Å². The molecule has 0 amide bonds. The van der Waals surface area contributed by atoms with Crippen molar-refractivity contribution in [2.24, 2.45) is 7.05 Å². The number of pyridine rings is 1. The molecule has 0 saturated carbocycles. The molecular formula is C15H20BrFN4. The van der Waals surface area contributed by atoms with E-state index in [-0.39, 0.29) is 11.9 Å². The average molecular weight is 355 g/mol. The predicted molar refractivity (Wildman–Crippen MR) is 84.6 cm³/mol. The number of hydrogen-bond acceptors (Lipinski definition) is 3. The molecular weight excluding hydrogens is 335 g/mol. The van der Waals surface area contributed by atoms with Crippen molar-refractivity contribution in [3.63, 3.8) is 0 Å². The Morgan fingerprint density at radius 2 is 2.19 bits per heavy atom. The average Bonchev–Trinajstić information content (AvgIpc) is 2.69. The maximum Gasteiger partial charge on any atom is 0.141 e. The van der Waals surface area contributed by atoms with Gasteiger partial charge in [0.05, 0.1) is 22.1 Å². The van der Waals surface area contributed by atoms with E-state index in [9.17, 15) is 4.39 Å². The molecule has 0 spiro atoms.